The Labute approximate surface area is 129 Å². The Morgan fingerprint density at radius 3 is 2.55 bits per heavy atom. The van der Waals surface area contributed by atoms with E-state index in [9.17, 15) is 14.0 Å². The summed E-state index contributed by atoms with van der Waals surface area (Å²) in [5, 5.41) is 11.5. The third-order valence-electron chi connectivity index (χ3n) is 3.31. The highest BCUT2D eigenvalue weighted by molar-refractivity contribution is 5.78. The van der Waals surface area contributed by atoms with E-state index in [0.717, 1.165) is 0 Å². The quantitative estimate of drug-likeness (QED) is 0.812. The predicted octanol–water partition coefficient (Wildman–Crippen LogP) is 2.90. The minimum atomic E-state index is -0.957. The highest BCUT2D eigenvalue weighted by Gasteiger charge is 2.27. The number of carbonyl (C=O) groups excluding carboxylic acids is 1. The van der Waals surface area contributed by atoms with Crippen molar-refractivity contribution < 1.29 is 23.8 Å². The van der Waals surface area contributed by atoms with Gasteiger partial charge in [-0.25, -0.2) is 4.39 Å². The molecular weight excluding hydrogens is 289 g/mol. The normalized spacial score (nSPS) is 12.6. The maximum Gasteiger partial charge on any atom is 0.303 e. The zero-order chi connectivity index (χ0) is 16.9. The van der Waals surface area contributed by atoms with E-state index >= 15 is 0 Å². The molecule has 0 bridgehead atoms. The molecule has 0 aliphatic heterocycles. The Hall–Kier alpha value is -2.11. The van der Waals surface area contributed by atoms with E-state index in [4.69, 9.17) is 9.84 Å². The second kappa shape index (κ2) is 7.24. The standard InChI is InChI=1S/C16H22FNO4/c1-10(15-11(17)6-5-7-12(15)22-4)18-13(19)8-16(2,3)9-14(20)21/h5-7,10H,8-9H2,1-4H3,(H,18,19)(H,20,21). The number of ether oxygens (including phenoxy) is 1. The fourth-order valence-electron chi connectivity index (χ4n) is 2.39. The largest absolute Gasteiger partial charge is 0.496 e. The van der Waals surface area contributed by atoms with Crippen LogP contribution in [0.2, 0.25) is 0 Å². The number of carboxylic acid groups (broad SMARTS) is 1. The number of carbonyl (C=O) groups is 2. The lowest BCUT2D eigenvalue weighted by molar-refractivity contribution is -0.139. The summed E-state index contributed by atoms with van der Waals surface area (Å²) in [4.78, 5) is 22.8. The Balaban J connectivity index is 2.79. The number of carboxylic acids is 1. The molecule has 0 saturated carbocycles. The summed E-state index contributed by atoms with van der Waals surface area (Å²) in [5.74, 6) is -1.39. The summed E-state index contributed by atoms with van der Waals surface area (Å²) in [7, 11) is 1.43. The van der Waals surface area contributed by atoms with Gasteiger partial charge in [-0.2, -0.15) is 0 Å². The van der Waals surface area contributed by atoms with E-state index in [1.807, 2.05) is 0 Å². The third kappa shape index (κ3) is 5.02. The molecule has 1 unspecified atom stereocenters. The predicted molar refractivity (Wildman–Crippen MR) is 80.2 cm³/mol. The van der Waals surface area contributed by atoms with Crippen LogP contribution in [0.1, 0.15) is 45.2 Å². The van der Waals surface area contributed by atoms with Crippen LogP contribution in [0.15, 0.2) is 18.2 Å². The van der Waals surface area contributed by atoms with Crippen molar-refractivity contribution in [2.24, 2.45) is 5.41 Å². The van der Waals surface area contributed by atoms with Gasteiger partial charge >= 0.3 is 5.97 Å². The maximum absolute atomic E-state index is 13.9. The first kappa shape index (κ1) is 17.9. The van der Waals surface area contributed by atoms with Gasteiger partial charge in [-0.15, -0.1) is 0 Å². The summed E-state index contributed by atoms with van der Waals surface area (Å²) in [6, 6.07) is 3.87. The maximum atomic E-state index is 13.9. The van der Waals surface area contributed by atoms with Gasteiger partial charge in [-0.3, -0.25) is 9.59 Å². The average Bonchev–Trinajstić information content (AvgIpc) is 2.35. The highest BCUT2D eigenvalue weighted by Crippen LogP contribution is 2.29. The van der Waals surface area contributed by atoms with E-state index in [1.54, 1.807) is 26.8 Å². The summed E-state index contributed by atoms with van der Waals surface area (Å²) >= 11 is 0. The number of halogens is 1. The molecule has 1 amide bonds. The lowest BCUT2D eigenvalue weighted by Crippen LogP contribution is -2.32. The number of hydrogen-bond acceptors (Lipinski definition) is 3. The Kier molecular flexibility index (Phi) is 5.91. The summed E-state index contributed by atoms with van der Waals surface area (Å²) in [5.41, 5.74) is -0.399. The van der Waals surface area contributed by atoms with E-state index in [1.165, 1.54) is 19.2 Å². The molecule has 1 rings (SSSR count). The number of hydrogen-bond donors (Lipinski definition) is 2. The van der Waals surface area contributed by atoms with Crippen molar-refractivity contribution in [3.8, 4) is 5.75 Å². The molecule has 0 fully saturated rings. The number of methoxy groups -OCH3 is 1. The van der Waals surface area contributed by atoms with Crippen LogP contribution < -0.4 is 10.1 Å². The molecule has 1 aromatic carbocycles. The minimum Gasteiger partial charge on any atom is -0.496 e. The lowest BCUT2D eigenvalue weighted by atomic mass is 9.85. The summed E-state index contributed by atoms with van der Waals surface area (Å²) in [6.07, 6.45) is -0.0712. The zero-order valence-corrected chi connectivity index (χ0v) is 13.3. The number of aliphatic carboxylic acids is 1. The van der Waals surface area contributed by atoms with E-state index < -0.39 is 23.2 Å². The Morgan fingerprint density at radius 2 is 2.00 bits per heavy atom. The molecular formula is C16H22FNO4. The van der Waals surface area contributed by atoms with Crippen molar-refractivity contribution in [2.75, 3.05) is 7.11 Å². The monoisotopic (exact) mass is 311 g/mol. The van der Waals surface area contributed by atoms with Crippen LogP contribution in [-0.4, -0.2) is 24.1 Å². The Bertz CT molecular complexity index is 557. The number of amides is 1. The van der Waals surface area contributed by atoms with Gasteiger partial charge in [0.25, 0.3) is 0 Å². The van der Waals surface area contributed by atoms with Crippen molar-refractivity contribution in [1.82, 2.24) is 5.32 Å². The average molecular weight is 311 g/mol. The van der Waals surface area contributed by atoms with Gasteiger partial charge in [-0.1, -0.05) is 19.9 Å². The minimum absolute atomic E-state index is 0.0421. The van der Waals surface area contributed by atoms with Gasteiger partial charge in [-0.05, 0) is 24.5 Å². The van der Waals surface area contributed by atoms with Crippen LogP contribution in [0.4, 0.5) is 4.39 Å². The van der Waals surface area contributed by atoms with Crippen LogP contribution in [0.3, 0.4) is 0 Å². The zero-order valence-electron chi connectivity index (χ0n) is 13.3. The van der Waals surface area contributed by atoms with Crippen molar-refractivity contribution in [3.63, 3.8) is 0 Å². The first-order valence-electron chi connectivity index (χ1n) is 7.00. The highest BCUT2D eigenvalue weighted by atomic mass is 19.1. The first-order valence-corrected chi connectivity index (χ1v) is 7.00. The molecule has 0 radical (unpaired) electrons. The molecule has 1 aromatic rings. The van der Waals surface area contributed by atoms with Gasteiger partial charge in [0.2, 0.25) is 5.91 Å². The molecule has 0 spiro atoms. The van der Waals surface area contributed by atoms with Crippen LogP contribution in [0.25, 0.3) is 0 Å². The molecule has 0 heterocycles. The van der Waals surface area contributed by atoms with Crippen LogP contribution in [-0.2, 0) is 9.59 Å². The van der Waals surface area contributed by atoms with Gasteiger partial charge < -0.3 is 15.2 Å². The molecule has 0 aliphatic rings. The first-order chi connectivity index (χ1) is 10.2. The molecule has 0 aromatic heterocycles. The van der Waals surface area contributed by atoms with E-state index in [2.05, 4.69) is 5.32 Å². The van der Waals surface area contributed by atoms with Crippen LogP contribution in [0, 0.1) is 11.2 Å². The summed E-state index contributed by atoms with van der Waals surface area (Å²) < 4.78 is 19.1. The van der Waals surface area contributed by atoms with Crippen molar-refractivity contribution in [2.45, 2.75) is 39.7 Å². The fourth-order valence-corrected chi connectivity index (χ4v) is 2.39. The van der Waals surface area contributed by atoms with Crippen LogP contribution in [0.5, 0.6) is 5.75 Å². The number of nitrogens with one attached hydrogen (secondary N) is 1. The van der Waals surface area contributed by atoms with Gasteiger partial charge in [0.1, 0.15) is 11.6 Å². The molecule has 0 aliphatic carbocycles. The number of rotatable bonds is 7. The molecule has 2 N–H and O–H groups in total. The SMILES string of the molecule is COc1cccc(F)c1C(C)NC(=O)CC(C)(C)CC(=O)O. The molecule has 0 saturated heterocycles. The summed E-state index contributed by atoms with van der Waals surface area (Å²) in [6.45, 7) is 5.06. The third-order valence-corrected chi connectivity index (χ3v) is 3.31. The second-order valence-corrected chi connectivity index (χ2v) is 6.06. The number of benzene rings is 1. The topological polar surface area (TPSA) is 75.6 Å². The van der Waals surface area contributed by atoms with Gasteiger partial charge in [0.15, 0.2) is 0 Å². The van der Waals surface area contributed by atoms with E-state index in [0.29, 0.717) is 5.75 Å². The molecule has 1 atom stereocenters. The van der Waals surface area contributed by atoms with Crippen molar-refractivity contribution >= 4 is 11.9 Å². The second-order valence-electron chi connectivity index (χ2n) is 6.06. The van der Waals surface area contributed by atoms with Crippen LogP contribution >= 0.6 is 0 Å². The lowest BCUT2D eigenvalue weighted by Gasteiger charge is -2.24. The van der Waals surface area contributed by atoms with E-state index in [-0.39, 0.29) is 24.3 Å². The molecule has 5 nitrogen and oxygen atoms in total. The van der Waals surface area contributed by atoms with Crippen molar-refractivity contribution in [3.05, 3.63) is 29.6 Å². The Morgan fingerprint density at radius 1 is 1.36 bits per heavy atom. The molecule has 22 heavy (non-hydrogen) atoms. The molecule has 122 valence electrons. The van der Waals surface area contributed by atoms with Gasteiger partial charge in [0, 0.05) is 6.42 Å². The molecule has 6 heteroatoms. The van der Waals surface area contributed by atoms with Gasteiger partial charge in [0.05, 0.1) is 25.1 Å². The fraction of sp³-hybridized carbons (Fsp3) is 0.500. The smallest absolute Gasteiger partial charge is 0.303 e. The van der Waals surface area contributed by atoms with Crippen molar-refractivity contribution in [1.29, 1.82) is 0 Å².